The number of rotatable bonds is 10. The number of hydrogen-bond donors (Lipinski definition) is 2. The van der Waals surface area contributed by atoms with Gasteiger partial charge < -0.3 is 19.9 Å². The highest BCUT2D eigenvalue weighted by atomic mass is 79.9. The average molecular weight is 388 g/mol. The van der Waals surface area contributed by atoms with Crippen LogP contribution in [-0.2, 0) is 11.3 Å². The molecule has 0 radical (unpaired) electrons. The van der Waals surface area contributed by atoms with Gasteiger partial charge in [0.25, 0.3) is 0 Å². The topological polar surface area (TPSA) is 67.8 Å². The van der Waals surface area contributed by atoms with Crippen molar-refractivity contribution in [2.75, 3.05) is 13.2 Å². The summed E-state index contributed by atoms with van der Waals surface area (Å²) in [5.74, 6) is 0.529. The van der Waals surface area contributed by atoms with E-state index in [-0.39, 0.29) is 5.92 Å². The van der Waals surface area contributed by atoms with E-state index in [0.717, 1.165) is 16.5 Å². The Bertz CT molecular complexity index is 520. The number of hydrogen-bond acceptors (Lipinski definition) is 4. The van der Waals surface area contributed by atoms with Crippen molar-refractivity contribution in [3.8, 4) is 11.5 Å². The zero-order valence-corrected chi connectivity index (χ0v) is 15.8. The van der Waals surface area contributed by atoms with Gasteiger partial charge in [-0.3, -0.25) is 4.79 Å². The van der Waals surface area contributed by atoms with Crippen molar-refractivity contribution in [1.82, 2.24) is 5.32 Å². The van der Waals surface area contributed by atoms with E-state index in [2.05, 4.69) is 21.2 Å². The molecule has 1 atom stereocenters. The van der Waals surface area contributed by atoms with Crippen LogP contribution in [0, 0.1) is 5.92 Å². The van der Waals surface area contributed by atoms with E-state index in [0.29, 0.717) is 31.3 Å². The van der Waals surface area contributed by atoms with Crippen molar-refractivity contribution in [3.63, 3.8) is 0 Å². The molecular weight excluding hydrogens is 362 g/mol. The lowest BCUT2D eigenvalue weighted by molar-refractivity contribution is -0.140. The van der Waals surface area contributed by atoms with E-state index >= 15 is 0 Å². The third-order valence-corrected chi connectivity index (χ3v) is 3.87. The summed E-state index contributed by atoms with van der Waals surface area (Å²) in [7, 11) is 0. The minimum Gasteiger partial charge on any atom is -0.490 e. The first-order valence-electron chi connectivity index (χ1n) is 7.94. The second-order valence-electron chi connectivity index (χ2n) is 5.63. The van der Waals surface area contributed by atoms with Gasteiger partial charge in [-0.25, -0.2) is 0 Å². The van der Waals surface area contributed by atoms with Gasteiger partial charge in [-0.15, -0.1) is 0 Å². The molecular formula is C17H26BrNO4. The van der Waals surface area contributed by atoms with Gasteiger partial charge in [0, 0.05) is 6.54 Å². The van der Waals surface area contributed by atoms with Crippen LogP contribution in [0.2, 0.25) is 0 Å². The van der Waals surface area contributed by atoms with Crippen LogP contribution < -0.4 is 14.8 Å². The zero-order valence-electron chi connectivity index (χ0n) is 14.2. The average Bonchev–Trinajstić information content (AvgIpc) is 2.46. The van der Waals surface area contributed by atoms with Crippen LogP contribution in [0.25, 0.3) is 0 Å². The third-order valence-electron chi connectivity index (χ3n) is 3.28. The molecule has 0 aliphatic rings. The predicted octanol–water partition coefficient (Wildman–Crippen LogP) is 3.84. The largest absolute Gasteiger partial charge is 0.490 e. The molecule has 0 unspecified atom stereocenters. The number of nitrogens with one attached hydrogen (secondary N) is 1. The molecule has 0 spiro atoms. The summed E-state index contributed by atoms with van der Waals surface area (Å²) in [6, 6.07) is 3.24. The summed E-state index contributed by atoms with van der Waals surface area (Å²) in [6.45, 7) is 9.33. The van der Waals surface area contributed by atoms with E-state index in [9.17, 15) is 9.90 Å². The van der Waals surface area contributed by atoms with Crippen LogP contribution in [0.5, 0.6) is 11.5 Å². The molecule has 1 aromatic carbocycles. The Kier molecular flexibility index (Phi) is 8.41. The number of carboxylic acid groups (broad SMARTS) is 1. The Balaban J connectivity index is 2.93. The van der Waals surface area contributed by atoms with Crippen molar-refractivity contribution in [2.24, 2.45) is 5.92 Å². The molecule has 1 aromatic rings. The second kappa shape index (κ2) is 9.78. The molecule has 1 rings (SSSR count). The van der Waals surface area contributed by atoms with Crippen molar-refractivity contribution in [3.05, 3.63) is 22.2 Å². The Morgan fingerprint density at radius 1 is 1.30 bits per heavy atom. The molecule has 0 saturated carbocycles. The Morgan fingerprint density at radius 2 is 2.00 bits per heavy atom. The monoisotopic (exact) mass is 387 g/mol. The van der Waals surface area contributed by atoms with Crippen LogP contribution in [-0.4, -0.2) is 30.3 Å². The summed E-state index contributed by atoms with van der Waals surface area (Å²) in [5, 5.41) is 12.3. The molecule has 0 saturated heterocycles. The van der Waals surface area contributed by atoms with Gasteiger partial charge in [0.15, 0.2) is 11.5 Å². The highest BCUT2D eigenvalue weighted by molar-refractivity contribution is 9.10. The number of carbonyl (C=O) groups is 1. The van der Waals surface area contributed by atoms with Crippen LogP contribution in [0.15, 0.2) is 16.6 Å². The van der Waals surface area contributed by atoms with Crippen molar-refractivity contribution in [1.29, 1.82) is 0 Å². The second-order valence-corrected chi connectivity index (χ2v) is 6.48. The van der Waals surface area contributed by atoms with Crippen molar-refractivity contribution < 1.29 is 19.4 Å². The number of halogens is 1. The van der Waals surface area contributed by atoms with Gasteiger partial charge in [0.2, 0.25) is 0 Å². The lowest BCUT2D eigenvalue weighted by atomic mass is 10.0. The normalized spacial score (nSPS) is 12.3. The Morgan fingerprint density at radius 3 is 2.52 bits per heavy atom. The summed E-state index contributed by atoms with van der Waals surface area (Å²) in [6.07, 6.45) is 0.913. The maximum atomic E-state index is 11.3. The van der Waals surface area contributed by atoms with E-state index < -0.39 is 12.0 Å². The molecule has 23 heavy (non-hydrogen) atoms. The maximum Gasteiger partial charge on any atom is 0.320 e. The summed E-state index contributed by atoms with van der Waals surface area (Å²) < 4.78 is 12.2. The number of carboxylic acids is 1. The fraction of sp³-hybridized carbons (Fsp3) is 0.588. The standard InChI is InChI=1S/C17H26BrNO4/c1-5-7-23-16-13(18)8-12(9-14(16)22-6-2)10-19-15(11(3)4)17(20)21/h8-9,11,15,19H,5-7,10H2,1-4H3,(H,20,21)/t15-/m0/s1. The smallest absolute Gasteiger partial charge is 0.320 e. The van der Waals surface area contributed by atoms with Gasteiger partial charge in [-0.2, -0.15) is 0 Å². The predicted molar refractivity (Wildman–Crippen MR) is 94.2 cm³/mol. The molecule has 0 bridgehead atoms. The number of benzene rings is 1. The zero-order chi connectivity index (χ0) is 17.4. The molecule has 6 heteroatoms. The van der Waals surface area contributed by atoms with Crippen LogP contribution >= 0.6 is 15.9 Å². The minimum absolute atomic E-state index is 0.00876. The van der Waals surface area contributed by atoms with Gasteiger partial charge in [-0.1, -0.05) is 20.8 Å². The highest BCUT2D eigenvalue weighted by Gasteiger charge is 2.21. The third kappa shape index (κ3) is 6.03. The molecule has 130 valence electrons. The molecule has 0 aliphatic heterocycles. The van der Waals surface area contributed by atoms with E-state index in [1.54, 1.807) is 0 Å². The molecule has 0 amide bonds. The molecule has 5 nitrogen and oxygen atoms in total. The molecule has 0 aliphatic carbocycles. The van der Waals surface area contributed by atoms with Crippen molar-refractivity contribution in [2.45, 2.75) is 46.7 Å². The Labute approximate surface area is 146 Å². The first-order chi connectivity index (χ1) is 10.9. The lowest BCUT2D eigenvalue weighted by Gasteiger charge is -2.19. The fourth-order valence-electron chi connectivity index (χ4n) is 2.17. The van der Waals surface area contributed by atoms with Gasteiger partial charge in [0.1, 0.15) is 6.04 Å². The fourth-order valence-corrected chi connectivity index (χ4v) is 2.77. The van der Waals surface area contributed by atoms with E-state index in [4.69, 9.17) is 9.47 Å². The van der Waals surface area contributed by atoms with Gasteiger partial charge in [-0.05, 0) is 52.9 Å². The summed E-state index contributed by atoms with van der Waals surface area (Å²) >= 11 is 3.51. The lowest BCUT2D eigenvalue weighted by Crippen LogP contribution is -2.40. The van der Waals surface area contributed by atoms with Crippen LogP contribution in [0.3, 0.4) is 0 Å². The Hall–Kier alpha value is -1.27. The van der Waals surface area contributed by atoms with Gasteiger partial charge in [0.05, 0.1) is 17.7 Å². The summed E-state index contributed by atoms with van der Waals surface area (Å²) in [5.41, 5.74) is 0.941. The number of ether oxygens (including phenoxy) is 2. The first-order valence-corrected chi connectivity index (χ1v) is 8.74. The van der Waals surface area contributed by atoms with E-state index in [1.165, 1.54) is 0 Å². The van der Waals surface area contributed by atoms with Gasteiger partial charge >= 0.3 is 5.97 Å². The first kappa shape index (κ1) is 19.8. The summed E-state index contributed by atoms with van der Waals surface area (Å²) in [4.78, 5) is 11.3. The molecule has 0 fully saturated rings. The highest BCUT2D eigenvalue weighted by Crippen LogP contribution is 2.37. The minimum atomic E-state index is -0.841. The van der Waals surface area contributed by atoms with Crippen molar-refractivity contribution >= 4 is 21.9 Å². The van der Waals surface area contributed by atoms with Crippen LogP contribution in [0.4, 0.5) is 0 Å². The number of aliphatic carboxylic acids is 1. The quantitative estimate of drug-likeness (QED) is 0.638. The van der Waals surface area contributed by atoms with E-state index in [1.807, 2.05) is 39.8 Å². The molecule has 0 heterocycles. The van der Waals surface area contributed by atoms with Crippen LogP contribution in [0.1, 0.15) is 39.7 Å². The SMILES string of the molecule is CCCOc1c(Br)cc(CN[C@H](C(=O)O)C(C)C)cc1OCC. The molecule has 0 aromatic heterocycles. The molecule has 2 N–H and O–H groups in total. The maximum absolute atomic E-state index is 11.3.